The first-order chi connectivity index (χ1) is 35.5. The molecular formula is C66H127NO5. The number of carbonyl (C=O) groups is 2. The zero-order chi connectivity index (χ0) is 52.2. The number of ether oxygens (including phenoxy) is 1. The second kappa shape index (κ2) is 61.9. The average molecular weight is 1010 g/mol. The Balaban J connectivity index is 3.39. The summed E-state index contributed by atoms with van der Waals surface area (Å²) < 4.78 is 5.49. The van der Waals surface area contributed by atoms with Crippen LogP contribution in [0.2, 0.25) is 0 Å². The Morgan fingerprint density at radius 2 is 0.694 bits per heavy atom. The van der Waals surface area contributed by atoms with Crippen LogP contribution in [0, 0.1) is 0 Å². The molecule has 72 heavy (non-hydrogen) atoms. The van der Waals surface area contributed by atoms with Gasteiger partial charge in [0.1, 0.15) is 0 Å². The summed E-state index contributed by atoms with van der Waals surface area (Å²) in [6.45, 7) is 4.97. The van der Waals surface area contributed by atoms with E-state index in [0.717, 1.165) is 44.9 Å². The van der Waals surface area contributed by atoms with Crippen molar-refractivity contribution in [1.82, 2.24) is 5.32 Å². The molecule has 0 aliphatic rings. The molecule has 3 N–H and O–H groups in total. The van der Waals surface area contributed by atoms with Gasteiger partial charge in [0.05, 0.1) is 25.4 Å². The highest BCUT2D eigenvalue weighted by molar-refractivity contribution is 5.76. The smallest absolute Gasteiger partial charge is 0.305 e. The molecule has 0 rings (SSSR count). The number of carbonyl (C=O) groups excluding carboxylic acids is 2. The molecule has 0 aliphatic heterocycles. The zero-order valence-corrected chi connectivity index (χ0v) is 48.7. The van der Waals surface area contributed by atoms with E-state index in [1.54, 1.807) is 0 Å². The molecule has 1 amide bonds. The summed E-state index contributed by atoms with van der Waals surface area (Å²) in [6.07, 6.45) is 76.3. The van der Waals surface area contributed by atoms with Crippen LogP contribution in [0.15, 0.2) is 24.3 Å². The Morgan fingerprint density at radius 3 is 1.06 bits per heavy atom. The minimum atomic E-state index is -0.665. The van der Waals surface area contributed by atoms with Gasteiger partial charge < -0.3 is 20.3 Å². The number of allylic oxidation sites excluding steroid dienone is 4. The van der Waals surface area contributed by atoms with E-state index in [0.29, 0.717) is 25.9 Å². The van der Waals surface area contributed by atoms with Crippen LogP contribution in [-0.2, 0) is 14.3 Å². The van der Waals surface area contributed by atoms with Gasteiger partial charge in [0.25, 0.3) is 0 Å². The van der Waals surface area contributed by atoms with Gasteiger partial charge in [0.15, 0.2) is 0 Å². The molecule has 0 bridgehead atoms. The van der Waals surface area contributed by atoms with Crippen molar-refractivity contribution < 1.29 is 24.5 Å². The lowest BCUT2D eigenvalue weighted by Gasteiger charge is -2.22. The summed E-state index contributed by atoms with van der Waals surface area (Å²) in [6, 6.07) is -0.542. The van der Waals surface area contributed by atoms with Crippen molar-refractivity contribution in [1.29, 1.82) is 0 Å². The van der Waals surface area contributed by atoms with Crippen molar-refractivity contribution in [2.45, 2.75) is 373 Å². The number of aliphatic hydroxyl groups is 2. The van der Waals surface area contributed by atoms with Crippen molar-refractivity contribution in [3.05, 3.63) is 24.3 Å². The molecule has 0 aliphatic carbocycles. The van der Waals surface area contributed by atoms with Crippen molar-refractivity contribution >= 4 is 11.9 Å². The van der Waals surface area contributed by atoms with Crippen molar-refractivity contribution in [2.75, 3.05) is 13.2 Å². The number of unbranched alkanes of at least 4 members (excludes halogenated alkanes) is 46. The predicted molar refractivity (Wildman–Crippen MR) is 315 cm³/mol. The third kappa shape index (κ3) is 57.6. The normalized spacial score (nSPS) is 12.7. The van der Waals surface area contributed by atoms with Crippen LogP contribution in [0.4, 0.5) is 0 Å². The molecule has 0 aromatic carbocycles. The lowest BCUT2D eigenvalue weighted by atomic mass is 10.0. The molecule has 0 spiro atoms. The summed E-state index contributed by atoms with van der Waals surface area (Å²) in [4.78, 5) is 24.5. The van der Waals surface area contributed by atoms with Crippen LogP contribution < -0.4 is 5.32 Å². The van der Waals surface area contributed by atoms with E-state index >= 15 is 0 Å². The molecule has 0 saturated carbocycles. The topological polar surface area (TPSA) is 95.9 Å². The molecule has 0 heterocycles. The number of esters is 1. The lowest BCUT2D eigenvalue weighted by Crippen LogP contribution is -2.45. The fraction of sp³-hybridized carbons (Fsp3) is 0.909. The Bertz CT molecular complexity index is 1120. The molecule has 0 fully saturated rings. The van der Waals surface area contributed by atoms with Gasteiger partial charge in [-0.3, -0.25) is 9.59 Å². The van der Waals surface area contributed by atoms with Gasteiger partial charge >= 0.3 is 5.97 Å². The van der Waals surface area contributed by atoms with Gasteiger partial charge in [-0.2, -0.15) is 0 Å². The third-order valence-corrected chi connectivity index (χ3v) is 15.3. The highest BCUT2D eigenvalue weighted by Crippen LogP contribution is 2.18. The van der Waals surface area contributed by atoms with Crippen LogP contribution in [0.1, 0.15) is 361 Å². The Labute approximate surface area is 450 Å². The summed E-state index contributed by atoms with van der Waals surface area (Å²) in [5.41, 5.74) is 0. The molecule has 426 valence electrons. The van der Waals surface area contributed by atoms with Crippen LogP contribution in [0.3, 0.4) is 0 Å². The van der Waals surface area contributed by atoms with Gasteiger partial charge in [0, 0.05) is 12.8 Å². The van der Waals surface area contributed by atoms with Crippen LogP contribution >= 0.6 is 0 Å². The summed E-state index contributed by atoms with van der Waals surface area (Å²) in [5, 5.41) is 23.2. The molecule has 0 aromatic heterocycles. The number of hydrogen-bond donors (Lipinski definition) is 3. The first-order valence-electron chi connectivity index (χ1n) is 32.6. The number of hydrogen-bond acceptors (Lipinski definition) is 5. The van der Waals surface area contributed by atoms with E-state index in [-0.39, 0.29) is 18.5 Å². The Morgan fingerprint density at radius 1 is 0.389 bits per heavy atom. The number of nitrogens with one attached hydrogen (secondary N) is 1. The second-order valence-corrected chi connectivity index (χ2v) is 22.5. The Hall–Kier alpha value is -1.66. The summed E-state index contributed by atoms with van der Waals surface area (Å²) >= 11 is 0. The highest BCUT2D eigenvalue weighted by Gasteiger charge is 2.20. The average Bonchev–Trinajstić information content (AvgIpc) is 3.38. The maximum Gasteiger partial charge on any atom is 0.305 e. The van der Waals surface area contributed by atoms with E-state index < -0.39 is 12.1 Å². The van der Waals surface area contributed by atoms with E-state index in [9.17, 15) is 19.8 Å². The van der Waals surface area contributed by atoms with E-state index in [4.69, 9.17) is 4.74 Å². The molecule has 6 nitrogen and oxygen atoms in total. The highest BCUT2D eigenvalue weighted by atomic mass is 16.5. The minimum Gasteiger partial charge on any atom is -0.466 e. The Kier molecular flexibility index (Phi) is 60.5. The van der Waals surface area contributed by atoms with Crippen LogP contribution in [0.5, 0.6) is 0 Å². The SMILES string of the molecule is CCCCCCCCCCCCCCCCCCC(=O)OCCCCCCCCCCC/C=C\C/C=C\CCCCCCCCCCCCCC(=O)NC(CO)C(O)CCCCCCCCCCCCCC. The second-order valence-electron chi connectivity index (χ2n) is 22.5. The van der Waals surface area contributed by atoms with E-state index in [1.807, 2.05) is 0 Å². The van der Waals surface area contributed by atoms with Crippen molar-refractivity contribution in [3.8, 4) is 0 Å². The first kappa shape index (κ1) is 70.3. The fourth-order valence-corrected chi connectivity index (χ4v) is 10.3. The largest absolute Gasteiger partial charge is 0.466 e. The van der Waals surface area contributed by atoms with Gasteiger partial charge in [-0.1, -0.05) is 314 Å². The van der Waals surface area contributed by atoms with Crippen molar-refractivity contribution in [3.63, 3.8) is 0 Å². The first-order valence-corrected chi connectivity index (χ1v) is 32.6. The van der Waals surface area contributed by atoms with Gasteiger partial charge in [-0.25, -0.2) is 0 Å². The maximum atomic E-state index is 12.5. The standard InChI is InChI=1S/C66H127NO5/c1-3-5-7-9-11-13-15-17-18-33-36-40-44-48-52-56-60-66(71)72-61-57-53-49-45-41-37-34-31-29-27-25-23-21-19-20-22-24-26-28-30-32-35-39-43-47-51-55-59-65(70)67-63(62-68)64(69)58-54-50-46-42-38-16-14-12-10-8-6-4-2/h19-20,23,25,63-64,68-69H,3-18,21-22,24,26-62H2,1-2H3,(H,67,70)/b20-19-,25-23-. The predicted octanol–water partition coefficient (Wildman–Crippen LogP) is 20.6. The van der Waals surface area contributed by atoms with E-state index in [2.05, 4.69) is 43.5 Å². The molecule has 6 heteroatoms. The number of amides is 1. The van der Waals surface area contributed by atoms with Gasteiger partial charge in [-0.05, 0) is 57.8 Å². The molecule has 0 saturated heterocycles. The van der Waals surface area contributed by atoms with Gasteiger partial charge in [0.2, 0.25) is 5.91 Å². The number of aliphatic hydroxyl groups excluding tert-OH is 2. The fourth-order valence-electron chi connectivity index (χ4n) is 10.3. The zero-order valence-electron chi connectivity index (χ0n) is 48.7. The molecule has 0 aromatic rings. The summed E-state index contributed by atoms with van der Waals surface area (Å²) in [5.74, 6) is -0.0228. The molecule has 2 unspecified atom stereocenters. The molecule has 0 radical (unpaired) electrons. The quantitative estimate of drug-likeness (QED) is 0.0320. The summed E-state index contributed by atoms with van der Waals surface area (Å²) in [7, 11) is 0. The molecular weight excluding hydrogens is 887 g/mol. The van der Waals surface area contributed by atoms with Gasteiger partial charge in [-0.15, -0.1) is 0 Å². The van der Waals surface area contributed by atoms with Crippen LogP contribution in [0.25, 0.3) is 0 Å². The maximum absolute atomic E-state index is 12.5. The number of rotatable bonds is 61. The van der Waals surface area contributed by atoms with Crippen molar-refractivity contribution in [2.24, 2.45) is 0 Å². The molecule has 2 atom stereocenters. The van der Waals surface area contributed by atoms with Crippen LogP contribution in [-0.4, -0.2) is 47.4 Å². The minimum absolute atomic E-state index is 0.0145. The lowest BCUT2D eigenvalue weighted by molar-refractivity contribution is -0.143. The monoisotopic (exact) mass is 1010 g/mol. The third-order valence-electron chi connectivity index (χ3n) is 15.3. The van der Waals surface area contributed by atoms with E-state index in [1.165, 1.54) is 283 Å².